The smallest absolute Gasteiger partial charge is 0.338 e. The van der Waals surface area contributed by atoms with Crippen molar-refractivity contribution in [3.8, 4) is 11.5 Å². The summed E-state index contributed by atoms with van der Waals surface area (Å²) in [6, 6.07) is 5.02. The van der Waals surface area contributed by atoms with Crippen molar-refractivity contribution in [3.05, 3.63) is 41.4 Å². The fourth-order valence-electron chi connectivity index (χ4n) is 3.13. The Bertz CT molecular complexity index is 872. The number of rotatable bonds is 6. The predicted molar refractivity (Wildman–Crippen MR) is 99.9 cm³/mol. The lowest BCUT2D eigenvalue weighted by molar-refractivity contribution is -0.143. The Morgan fingerprint density at radius 2 is 2.15 bits per heavy atom. The topological polar surface area (TPSA) is 87.5 Å². The maximum absolute atomic E-state index is 12.9. The van der Waals surface area contributed by atoms with Crippen molar-refractivity contribution in [3.63, 3.8) is 0 Å². The van der Waals surface area contributed by atoms with Crippen LogP contribution in [0.15, 0.2) is 35.8 Å². The number of para-hydroxylation sites is 1. The van der Waals surface area contributed by atoms with Gasteiger partial charge >= 0.3 is 5.97 Å². The van der Waals surface area contributed by atoms with Gasteiger partial charge in [-0.3, -0.25) is 0 Å². The normalized spacial score (nSPS) is 16.0. The zero-order valence-electron chi connectivity index (χ0n) is 16.1. The molecule has 1 aromatic carbocycles. The summed E-state index contributed by atoms with van der Waals surface area (Å²) in [5, 5.41) is 7.44. The molecule has 2 aromatic rings. The molecule has 1 aromatic heterocycles. The minimum atomic E-state index is -0.549. The molecule has 1 atom stereocenters. The van der Waals surface area contributed by atoms with Crippen LogP contribution in [0.2, 0.25) is 0 Å². The van der Waals surface area contributed by atoms with Crippen LogP contribution in [0.25, 0.3) is 0 Å². The quantitative estimate of drug-likeness (QED) is 0.780. The highest BCUT2D eigenvalue weighted by Crippen LogP contribution is 2.42. The molecule has 2 heterocycles. The molecule has 3 rings (SSSR count). The highest BCUT2D eigenvalue weighted by Gasteiger charge is 2.37. The first-order valence-electron chi connectivity index (χ1n) is 8.85. The number of benzene rings is 1. The second kappa shape index (κ2) is 7.69. The third-order valence-corrected chi connectivity index (χ3v) is 4.17. The Morgan fingerprint density at radius 3 is 2.81 bits per heavy atom. The van der Waals surface area contributed by atoms with Gasteiger partial charge in [-0.1, -0.05) is 12.1 Å². The van der Waals surface area contributed by atoms with E-state index in [-0.39, 0.29) is 6.10 Å². The zero-order valence-corrected chi connectivity index (χ0v) is 16.1. The molecule has 1 aliphatic rings. The van der Waals surface area contributed by atoms with Crippen molar-refractivity contribution in [1.29, 1.82) is 0 Å². The average molecular weight is 372 g/mol. The maximum atomic E-state index is 12.9. The van der Waals surface area contributed by atoms with Gasteiger partial charge in [0.2, 0.25) is 5.95 Å². The molecular formula is C19H24N4O4. The fraction of sp³-hybridized carbons (Fsp3) is 0.421. The third-order valence-electron chi connectivity index (χ3n) is 4.17. The second-order valence-corrected chi connectivity index (χ2v) is 6.36. The van der Waals surface area contributed by atoms with E-state index in [0.717, 1.165) is 5.56 Å². The molecule has 0 fully saturated rings. The summed E-state index contributed by atoms with van der Waals surface area (Å²) in [6.45, 7) is 7.81. The summed E-state index contributed by atoms with van der Waals surface area (Å²) >= 11 is 0. The summed E-state index contributed by atoms with van der Waals surface area (Å²) in [5.41, 5.74) is 1.87. The van der Waals surface area contributed by atoms with Crippen molar-refractivity contribution in [2.75, 3.05) is 19.0 Å². The summed E-state index contributed by atoms with van der Waals surface area (Å²) in [5.74, 6) is 1.29. The molecule has 0 aliphatic carbocycles. The van der Waals surface area contributed by atoms with Gasteiger partial charge in [0.25, 0.3) is 0 Å². The van der Waals surface area contributed by atoms with Crippen LogP contribution in [0.4, 0.5) is 5.95 Å². The van der Waals surface area contributed by atoms with Crippen LogP contribution < -0.4 is 14.8 Å². The molecule has 1 unspecified atom stereocenters. The summed E-state index contributed by atoms with van der Waals surface area (Å²) < 4.78 is 18.5. The Balaban J connectivity index is 2.20. The molecule has 0 spiro atoms. The number of nitrogens with one attached hydrogen (secondary N) is 1. The first-order chi connectivity index (χ1) is 13.0. The number of carbonyl (C=O) groups excluding carboxylic acids is 1. The Labute approximate surface area is 158 Å². The number of hydrogen-bond acceptors (Lipinski definition) is 7. The van der Waals surface area contributed by atoms with Gasteiger partial charge in [-0.05, 0) is 33.8 Å². The highest BCUT2D eigenvalue weighted by atomic mass is 16.5. The molecule has 8 nitrogen and oxygen atoms in total. The first kappa shape index (κ1) is 18.8. The van der Waals surface area contributed by atoms with Gasteiger partial charge in [0.05, 0.1) is 25.4 Å². The van der Waals surface area contributed by atoms with Crippen LogP contribution in [0.5, 0.6) is 11.5 Å². The lowest BCUT2D eigenvalue weighted by atomic mass is 9.94. The number of aromatic nitrogens is 3. The average Bonchev–Trinajstić information content (AvgIpc) is 3.08. The number of fused-ring (bicyclic) bond motifs is 1. The molecule has 1 N–H and O–H groups in total. The van der Waals surface area contributed by atoms with Crippen LogP contribution in [0.1, 0.15) is 39.3 Å². The van der Waals surface area contributed by atoms with Crippen molar-refractivity contribution in [1.82, 2.24) is 14.8 Å². The van der Waals surface area contributed by atoms with Crippen LogP contribution in [-0.2, 0) is 9.53 Å². The number of allylic oxidation sites excluding steroid dienone is 1. The van der Waals surface area contributed by atoms with Gasteiger partial charge in [-0.2, -0.15) is 10.1 Å². The van der Waals surface area contributed by atoms with Crippen LogP contribution in [0.3, 0.4) is 0 Å². The van der Waals surface area contributed by atoms with Gasteiger partial charge in [0.15, 0.2) is 11.5 Å². The minimum Gasteiger partial charge on any atom is -0.493 e. The first-order valence-corrected chi connectivity index (χ1v) is 8.85. The molecular weight excluding hydrogens is 348 g/mol. The molecule has 0 saturated carbocycles. The van der Waals surface area contributed by atoms with E-state index < -0.39 is 12.0 Å². The standard InChI is InChI=1S/C19H24N4O4/c1-6-26-17-13(8-7-9-14(17)25-5)16-15(18(24)27-11(2)3)12(4)22-19-20-10-21-23(16)19/h7-11,16H,6H2,1-5H3,(H,20,21,22). The number of nitrogens with zero attached hydrogens (tertiary/aromatic N) is 3. The number of anilines is 1. The minimum absolute atomic E-state index is 0.243. The highest BCUT2D eigenvalue weighted by molar-refractivity contribution is 5.92. The molecule has 0 radical (unpaired) electrons. The Hall–Kier alpha value is -3.03. The summed E-state index contributed by atoms with van der Waals surface area (Å²) in [4.78, 5) is 17.1. The van der Waals surface area contributed by atoms with Gasteiger partial charge in [0, 0.05) is 11.3 Å². The van der Waals surface area contributed by atoms with Crippen LogP contribution in [-0.4, -0.2) is 40.6 Å². The predicted octanol–water partition coefficient (Wildman–Crippen LogP) is 2.93. The van der Waals surface area contributed by atoms with E-state index in [4.69, 9.17) is 14.2 Å². The van der Waals surface area contributed by atoms with Crippen LogP contribution in [0, 0.1) is 0 Å². The van der Waals surface area contributed by atoms with Gasteiger partial charge < -0.3 is 19.5 Å². The Morgan fingerprint density at radius 1 is 1.37 bits per heavy atom. The lowest BCUT2D eigenvalue weighted by Crippen LogP contribution is -2.31. The number of hydrogen-bond donors (Lipinski definition) is 1. The fourth-order valence-corrected chi connectivity index (χ4v) is 3.13. The molecule has 1 aliphatic heterocycles. The Kier molecular flexibility index (Phi) is 5.34. The summed E-state index contributed by atoms with van der Waals surface area (Å²) in [6.07, 6.45) is 1.20. The van der Waals surface area contributed by atoms with E-state index in [2.05, 4.69) is 15.4 Å². The number of methoxy groups -OCH3 is 1. The van der Waals surface area contributed by atoms with E-state index in [1.165, 1.54) is 6.33 Å². The zero-order chi connectivity index (χ0) is 19.6. The lowest BCUT2D eigenvalue weighted by Gasteiger charge is -2.30. The molecule has 27 heavy (non-hydrogen) atoms. The van der Waals surface area contributed by atoms with Crippen LogP contribution >= 0.6 is 0 Å². The molecule has 0 saturated heterocycles. The number of ether oxygens (including phenoxy) is 3. The maximum Gasteiger partial charge on any atom is 0.338 e. The van der Waals surface area contributed by atoms with Gasteiger partial charge in [0.1, 0.15) is 12.4 Å². The van der Waals surface area contributed by atoms with E-state index >= 15 is 0 Å². The van der Waals surface area contributed by atoms with Crippen molar-refractivity contribution in [2.24, 2.45) is 0 Å². The second-order valence-electron chi connectivity index (χ2n) is 6.36. The molecule has 8 heteroatoms. The van der Waals surface area contributed by atoms with E-state index in [1.54, 1.807) is 11.8 Å². The van der Waals surface area contributed by atoms with Gasteiger partial charge in [-0.15, -0.1) is 0 Å². The third kappa shape index (κ3) is 3.47. The number of esters is 1. The summed E-state index contributed by atoms with van der Waals surface area (Å²) in [7, 11) is 1.58. The van der Waals surface area contributed by atoms with Crippen molar-refractivity contribution in [2.45, 2.75) is 39.8 Å². The molecule has 0 bridgehead atoms. The van der Waals surface area contributed by atoms with E-state index in [1.807, 2.05) is 45.9 Å². The SMILES string of the molecule is CCOc1c(OC)cccc1C1C(C(=O)OC(C)C)=C(C)Nc2ncnn21. The molecule has 144 valence electrons. The van der Waals surface area contributed by atoms with Gasteiger partial charge in [-0.25, -0.2) is 9.48 Å². The monoisotopic (exact) mass is 372 g/mol. The van der Waals surface area contributed by atoms with E-state index in [9.17, 15) is 4.79 Å². The number of carbonyl (C=O) groups is 1. The van der Waals surface area contributed by atoms with E-state index in [0.29, 0.717) is 35.3 Å². The van der Waals surface area contributed by atoms with Crippen molar-refractivity contribution >= 4 is 11.9 Å². The van der Waals surface area contributed by atoms with Crippen molar-refractivity contribution < 1.29 is 19.0 Å². The molecule has 0 amide bonds. The largest absolute Gasteiger partial charge is 0.493 e.